The fourth-order valence-corrected chi connectivity index (χ4v) is 1.52. The van der Waals surface area contributed by atoms with E-state index in [2.05, 4.69) is 5.32 Å². The number of amides is 2. The van der Waals surface area contributed by atoms with Crippen molar-refractivity contribution in [3.8, 4) is 5.75 Å². The Kier molecular flexibility index (Phi) is 5.45. The van der Waals surface area contributed by atoms with Gasteiger partial charge in [-0.05, 0) is 37.6 Å². The molecule has 0 aromatic heterocycles. The van der Waals surface area contributed by atoms with Crippen LogP contribution >= 0.6 is 0 Å². The van der Waals surface area contributed by atoms with Gasteiger partial charge < -0.3 is 20.1 Å². The Hall–Kier alpha value is -1.75. The van der Waals surface area contributed by atoms with Gasteiger partial charge in [0.2, 0.25) is 0 Å². The van der Waals surface area contributed by atoms with Gasteiger partial charge in [-0.1, -0.05) is 0 Å². The molecule has 0 spiro atoms. The third kappa shape index (κ3) is 3.92. The number of likely N-dealkylation sites (N-methyl/N-ethyl adjacent to an activating group) is 1. The van der Waals surface area contributed by atoms with Crippen molar-refractivity contribution < 1.29 is 14.6 Å². The SMILES string of the molecule is CCOc1ccc(NC(=O)N(C)CCO)cc1C. The van der Waals surface area contributed by atoms with Crippen molar-refractivity contribution in [2.45, 2.75) is 13.8 Å². The molecule has 0 bridgehead atoms. The summed E-state index contributed by atoms with van der Waals surface area (Å²) in [5.41, 5.74) is 1.69. The standard InChI is InChI=1S/C13H20N2O3/c1-4-18-12-6-5-11(9-10(12)2)14-13(17)15(3)7-8-16/h5-6,9,16H,4,7-8H2,1-3H3,(H,14,17). The third-order valence-electron chi connectivity index (χ3n) is 2.51. The number of aliphatic hydroxyl groups is 1. The van der Waals surface area contributed by atoms with Crippen molar-refractivity contribution in [1.29, 1.82) is 0 Å². The molecule has 1 aromatic rings. The summed E-state index contributed by atoms with van der Waals surface area (Å²) in [4.78, 5) is 13.1. The second-order valence-corrected chi connectivity index (χ2v) is 3.99. The highest BCUT2D eigenvalue weighted by atomic mass is 16.5. The molecule has 1 aromatic carbocycles. The van der Waals surface area contributed by atoms with E-state index < -0.39 is 0 Å². The van der Waals surface area contributed by atoms with Crippen LogP contribution in [-0.4, -0.2) is 42.8 Å². The number of carbonyl (C=O) groups excluding carboxylic acids is 1. The van der Waals surface area contributed by atoms with Crippen LogP contribution in [0.3, 0.4) is 0 Å². The lowest BCUT2D eigenvalue weighted by atomic mass is 10.2. The number of anilines is 1. The van der Waals surface area contributed by atoms with Crippen LogP contribution in [0.1, 0.15) is 12.5 Å². The van der Waals surface area contributed by atoms with E-state index in [0.717, 1.165) is 11.3 Å². The highest BCUT2D eigenvalue weighted by Gasteiger charge is 2.08. The van der Waals surface area contributed by atoms with Crippen molar-refractivity contribution in [3.63, 3.8) is 0 Å². The van der Waals surface area contributed by atoms with Crippen molar-refractivity contribution in [2.75, 3.05) is 32.1 Å². The summed E-state index contributed by atoms with van der Waals surface area (Å²) < 4.78 is 5.43. The first kappa shape index (κ1) is 14.3. The summed E-state index contributed by atoms with van der Waals surface area (Å²) in [6.45, 7) is 4.73. The van der Waals surface area contributed by atoms with Crippen LogP contribution in [0.15, 0.2) is 18.2 Å². The van der Waals surface area contributed by atoms with E-state index in [1.165, 1.54) is 4.90 Å². The van der Waals surface area contributed by atoms with Crippen molar-refractivity contribution in [3.05, 3.63) is 23.8 Å². The molecule has 18 heavy (non-hydrogen) atoms. The molecular formula is C13H20N2O3. The molecule has 2 N–H and O–H groups in total. The molecule has 0 radical (unpaired) electrons. The molecular weight excluding hydrogens is 232 g/mol. The summed E-state index contributed by atoms with van der Waals surface area (Å²) >= 11 is 0. The fourth-order valence-electron chi connectivity index (χ4n) is 1.52. The lowest BCUT2D eigenvalue weighted by molar-refractivity contribution is 0.202. The first-order valence-corrected chi connectivity index (χ1v) is 5.95. The second kappa shape index (κ2) is 6.86. The molecule has 5 nitrogen and oxygen atoms in total. The minimum Gasteiger partial charge on any atom is -0.494 e. The molecule has 0 unspecified atom stereocenters. The number of urea groups is 1. The number of aryl methyl sites for hydroxylation is 1. The van der Waals surface area contributed by atoms with E-state index in [1.54, 1.807) is 13.1 Å². The maximum absolute atomic E-state index is 11.7. The number of carbonyl (C=O) groups is 1. The summed E-state index contributed by atoms with van der Waals surface area (Å²) in [6.07, 6.45) is 0. The van der Waals surface area contributed by atoms with Crippen LogP contribution < -0.4 is 10.1 Å². The van der Waals surface area contributed by atoms with Crippen molar-refractivity contribution in [1.82, 2.24) is 4.90 Å². The number of hydrogen-bond acceptors (Lipinski definition) is 3. The van der Waals surface area contributed by atoms with E-state index in [0.29, 0.717) is 18.8 Å². The Balaban J connectivity index is 2.68. The molecule has 100 valence electrons. The summed E-state index contributed by atoms with van der Waals surface area (Å²) in [5.74, 6) is 0.819. The number of nitrogens with one attached hydrogen (secondary N) is 1. The number of benzene rings is 1. The number of ether oxygens (including phenoxy) is 1. The zero-order valence-electron chi connectivity index (χ0n) is 11.1. The predicted octanol–water partition coefficient (Wildman–Crippen LogP) is 1.85. The summed E-state index contributed by atoms with van der Waals surface area (Å²) in [7, 11) is 1.63. The van der Waals surface area contributed by atoms with Crippen molar-refractivity contribution in [2.24, 2.45) is 0 Å². The second-order valence-electron chi connectivity index (χ2n) is 3.99. The van der Waals surface area contributed by atoms with Gasteiger partial charge in [-0.3, -0.25) is 0 Å². The Morgan fingerprint density at radius 2 is 2.22 bits per heavy atom. The number of rotatable bonds is 5. The quantitative estimate of drug-likeness (QED) is 0.840. The van der Waals surface area contributed by atoms with E-state index in [4.69, 9.17) is 9.84 Å². The Bertz CT molecular complexity index is 407. The van der Waals surface area contributed by atoms with Crippen LogP contribution in [0.2, 0.25) is 0 Å². The minimum absolute atomic E-state index is 0.0494. The lowest BCUT2D eigenvalue weighted by Gasteiger charge is -2.17. The van der Waals surface area contributed by atoms with Gasteiger partial charge in [0.25, 0.3) is 0 Å². The molecule has 0 aliphatic heterocycles. The van der Waals surface area contributed by atoms with Gasteiger partial charge in [0.05, 0.1) is 13.2 Å². The maximum atomic E-state index is 11.7. The predicted molar refractivity (Wildman–Crippen MR) is 71.1 cm³/mol. The van der Waals surface area contributed by atoms with Crippen LogP contribution in [-0.2, 0) is 0 Å². The van der Waals surface area contributed by atoms with Crippen LogP contribution in [0.4, 0.5) is 10.5 Å². The molecule has 2 amide bonds. The van der Waals surface area contributed by atoms with Crippen LogP contribution in [0, 0.1) is 6.92 Å². The van der Waals surface area contributed by atoms with Gasteiger partial charge in [-0.15, -0.1) is 0 Å². The van der Waals surface area contributed by atoms with Gasteiger partial charge in [0, 0.05) is 19.3 Å². The Labute approximate surface area is 107 Å². The zero-order valence-corrected chi connectivity index (χ0v) is 11.1. The normalized spacial score (nSPS) is 10.0. The average Bonchev–Trinajstić information content (AvgIpc) is 2.33. The summed E-state index contributed by atoms with van der Waals surface area (Å²) in [5, 5.41) is 11.5. The van der Waals surface area contributed by atoms with Gasteiger partial charge >= 0.3 is 6.03 Å². The van der Waals surface area contributed by atoms with Gasteiger partial charge in [0.1, 0.15) is 5.75 Å². The Morgan fingerprint density at radius 3 is 2.78 bits per heavy atom. The van der Waals surface area contributed by atoms with Gasteiger partial charge in [0.15, 0.2) is 0 Å². The minimum atomic E-state index is -0.243. The first-order chi connectivity index (χ1) is 8.58. The molecule has 0 fully saturated rings. The smallest absolute Gasteiger partial charge is 0.321 e. The molecule has 0 saturated carbocycles. The molecule has 0 heterocycles. The highest BCUT2D eigenvalue weighted by molar-refractivity contribution is 5.89. The topological polar surface area (TPSA) is 61.8 Å². The van der Waals surface area contributed by atoms with Crippen LogP contribution in [0.25, 0.3) is 0 Å². The monoisotopic (exact) mass is 252 g/mol. The third-order valence-corrected chi connectivity index (χ3v) is 2.51. The number of nitrogens with zero attached hydrogens (tertiary/aromatic N) is 1. The molecule has 0 aliphatic carbocycles. The molecule has 1 rings (SSSR count). The van der Waals surface area contributed by atoms with E-state index in [-0.39, 0.29) is 12.6 Å². The fraction of sp³-hybridized carbons (Fsp3) is 0.462. The molecule has 5 heteroatoms. The average molecular weight is 252 g/mol. The largest absolute Gasteiger partial charge is 0.494 e. The van der Waals surface area contributed by atoms with E-state index in [9.17, 15) is 4.79 Å². The van der Waals surface area contributed by atoms with Gasteiger partial charge in [-0.25, -0.2) is 4.79 Å². The Morgan fingerprint density at radius 1 is 1.50 bits per heavy atom. The first-order valence-electron chi connectivity index (χ1n) is 5.95. The van der Waals surface area contributed by atoms with E-state index >= 15 is 0 Å². The highest BCUT2D eigenvalue weighted by Crippen LogP contribution is 2.21. The lowest BCUT2D eigenvalue weighted by Crippen LogP contribution is -2.33. The number of hydrogen-bond donors (Lipinski definition) is 2. The van der Waals surface area contributed by atoms with E-state index in [1.807, 2.05) is 26.0 Å². The maximum Gasteiger partial charge on any atom is 0.321 e. The molecule has 0 saturated heterocycles. The molecule has 0 atom stereocenters. The number of aliphatic hydroxyl groups excluding tert-OH is 1. The van der Waals surface area contributed by atoms with Crippen molar-refractivity contribution >= 4 is 11.7 Å². The zero-order chi connectivity index (χ0) is 13.5. The van der Waals surface area contributed by atoms with Crippen LogP contribution in [0.5, 0.6) is 5.75 Å². The van der Waals surface area contributed by atoms with Gasteiger partial charge in [-0.2, -0.15) is 0 Å². The molecule has 0 aliphatic rings. The summed E-state index contributed by atoms with van der Waals surface area (Å²) in [6, 6.07) is 5.24.